The van der Waals surface area contributed by atoms with Gasteiger partial charge >= 0.3 is 0 Å². The SMILES string of the molecule is CC[C@@H](C)n1ncc2c(C(=O)NCCS(N)(=O)=O)cc(C)nc21. The lowest BCUT2D eigenvalue weighted by Gasteiger charge is -2.11. The molecule has 1 amide bonds. The predicted octanol–water partition coefficient (Wildman–Crippen LogP) is 0.729. The van der Waals surface area contributed by atoms with Crippen LogP contribution >= 0.6 is 0 Å². The fraction of sp³-hybridized carbons (Fsp3) is 0.500. The van der Waals surface area contributed by atoms with Crippen LogP contribution in [0, 0.1) is 6.92 Å². The summed E-state index contributed by atoms with van der Waals surface area (Å²) in [5.74, 6) is -0.675. The van der Waals surface area contributed by atoms with Crippen LogP contribution in [0.1, 0.15) is 42.4 Å². The van der Waals surface area contributed by atoms with Crippen molar-refractivity contribution in [2.24, 2.45) is 5.14 Å². The van der Waals surface area contributed by atoms with Gasteiger partial charge in [0.1, 0.15) is 0 Å². The Morgan fingerprint density at radius 1 is 1.48 bits per heavy atom. The smallest absolute Gasteiger partial charge is 0.252 e. The van der Waals surface area contributed by atoms with E-state index in [1.807, 2.05) is 6.92 Å². The molecule has 3 N–H and O–H groups in total. The van der Waals surface area contributed by atoms with Crippen molar-refractivity contribution in [3.05, 3.63) is 23.5 Å². The first kappa shape index (κ1) is 17.4. The van der Waals surface area contributed by atoms with Gasteiger partial charge in [-0.05, 0) is 26.3 Å². The van der Waals surface area contributed by atoms with Crippen molar-refractivity contribution >= 4 is 27.0 Å². The number of hydrogen-bond donors (Lipinski definition) is 2. The number of nitrogens with one attached hydrogen (secondary N) is 1. The molecule has 2 aromatic heterocycles. The molecule has 2 aromatic rings. The zero-order valence-corrected chi connectivity index (χ0v) is 14.2. The van der Waals surface area contributed by atoms with Gasteiger partial charge in [-0.25, -0.2) is 23.2 Å². The van der Waals surface area contributed by atoms with Gasteiger partial charge < -0.3 is 5.32 Å². The van der Waals surface area contributed by atoms with E-state index in [0.29, 0.717) is 22.3 Å². The molecule has 0 fully saturated rings. The van der Waals surface area contributed by atoms with E-state index < -0.39 is 10.0 Å². The van der Waals surface area contributed by atoms with E-state index in [-0.39, 0.29) is 24.2 Å². The molecule has 0 aromatic carbocycles. The molecule has 0 bridgehead atoms. The third-order valence-electron chi connectivity index (χ3n) is 3.62. The first-order valence-electron chi connectivity index (χ1n) is 7.36. The fourth-order valence-electron chi connectivity index (χ4n) is 2.23. The van der Waals surface area contributed by atoms with Crippen molar-refractivity contribution in [3.63, 3.8) is 0 Å². The number of sulfonamides is 1. The summed E-state index contributed by atoms with van der Waals surface area (Å²) in [5.41, 5.74) is 1.77. The van der Waals surface area contributed by atoms with Crippen LogP contribution in [0.4, 0.5) is 0 Å². The molecular weight excluding hydrogens is 318 g/mol. The summed E-state index contributed by atoms with van der Waals surface area (Å²) in [6, 6.07) is 1.83. The summed E-state index contributed by atoms with van der Waals surface area (Å²) in [5, 5.41) is 12.5. The Hall–Kier alpha value is -2.00. The topological polar surface area (TPSA) is 120 Å². The Bertz CT molecular complexity index is 828. The van der Waals surface area contributed by atoms with E-state index in [4.69, 9.17) is 5.14 Å². The number of aryl methyl sites for hydroxylation is 1. The van der Waals surface area contributed by atoms with Crippen LogP contribution < -0.4 is 10.5 Å². The Labute approximate surface area is 135 Å². The first-order valence-corrected chi connectivity index (χ1v) is 9.08. The van der Waals surface area contributed by atoms with Crippen molar-refractivity contribution in [2.75, 3.05) is 12.3 Å². The van der Waals surface area contributed by atoms with Gasteiger partial charge in [-0.2, -0.15) is 5.10 Å². The quantitative estimate of drug-likeness (QED) is 0.804. The van der Waals surface area contributed by atoms with Crippen LogP contribution in [0.5, 0.6) is 0 Å². The zero-order chi connectivity index (χ0) is 17.2. The minimum atomic E-state index is -3.61. The number of aromatic nitrogens is 3. The normalized spacial score (nSPS) is 13.2. The highest BCUT2D eigenvalue weighted by atomic mass is 32.2. The minimum Gasteiger partial charge on any atom is -0.351 e. The molecule has 0 aliphatic rings. The van der Waals surface area contributed by atoms with Gasteiger partial charge in [0, 0.05) is 12.2 Å². The fourth-order valence-corrected chi connectivity index (χ4v) is 2.62. The molecule has 0 radical (unpaired) electrons. The van der Waals surface area contributed by atoms with Gasteiger partial charge in [0.25, 0.3) is 5.91 Å². The largest absolute Gasteiger partial charge is 0.351 e. The highest BCUT2D eigenvalue weighted by molar-refractivity contribution is 7.89. The lowest BCUT2D eigenvalue weighted by Crippen LogP contribution is -2.31. The van der Waals surface area contributed by atoms with E-state index in [9.17, 15) is 13.2 Å². The highest BCUT2D eigenvalue weighted by Gasteiger charge is 2.17. The van der Waals surface area contributed by atoms with E-state index in [1.165, 1.54) is 0 Å². The number of nitrogens with two attached hydrogens (primary N) is 1. The number of primary sulfonamides is 1. The lowest BCUT2D eigenvalue weighted by molar-refractivity contribution is 0.0957. The van der Waals surface area contributed by atoms with Gasteiger partial charge in [-0.3, -0.25) is 4.79 Å². The number of amides is 1. The van der Waals surface area contributed by atoms with E-state index >= 15 is 0 Å². The Morgan fingerprint density at radius 2 is 2.17 bits per heavy atom. The first-order chi connectivity index (χ1) is 10.7. The number of carbonyl (C=O) groups excluding carboxylic acids is 1. The average Bonchev–Trinajstić information content (AvgIpc) is 2.87. The molecule has 23 heavy (non-hydrogen) atoms. The van der Waals surface area contributed by atoms with Crippen LogP contribution in [-0.2, 0) is 10.0 Å². The van der Waals surface area contributed by atoms with Crippen molar-refractivity contribution in [2.45, 2.75) is 33.2 Å². The molecule has 0 saturated carbocycles. The molecule has 1 atom stereocenters. The lowest BCUT2D eigenvalue weighted by atomic mass is 10.1. The standard InChI is InChI=1S/C14H21N5O3S/c1-4-10(3)19-13-12(8-17-19)11(7-9(2)18-13)14(20)16-5-6-23(15,21)22/h7-8,10H,4-6H2,1-3H3,(H,16,20)(H2,15,21,22)/t10-/m1/s1. The summed E-state index contributed by atoms with van der Waals surface area (Å²) >= 11 is 0. The number of hydrogen-bond acceptors (Lipinski definition) is 5. The van der Waals surface area contributed by atoms with Crippen LogP contribution in [0.15, 0.2) is 12.3 Å². The van der Waals surface area contributed by atoms with Gasteiger partial charge in [-0.15, -0.1) is 0 Å². The molecular formula is C14H21N5O3S. The Balaban J connectivity index is 2.33. The monoisotopic (exact) mass is 339 g/mol. The molecule has 126 valence electrons. The Kier molecular flexibility index (Phi) is 5.00. The van der Waals surface area contributed by atoms with Gasteiger partial charge in [-0.1, -0.05) is 6.92 Å². The zero-order valence-electron chi connectivity index (χ0n) is 13.4. The Morgan fingerprint density at radius 3 is 2.78 bits per heavy atom. The maximum Gasteiger partial charge on any atom is 0.252 e. The highest BCUT2D eigenvalue weighted by Crippen LogP contribution is 2.22. The maximum absolute atomic E-state index is 12.3. The minimum absolute atomic E-state index is 0.0416. The summed E-state index contributed by atoms with van der Waals surface area (Å²) < 4.78 is 23.7. The molecule has 0 aliphatic carbocycles. The molecule has 0 aliphatic heterocycles. The third kappa shape index (κ3) is 4.05. The van der Waals surface area contributed by atoms with E-state index in [0.717, 1.165) is 6.42 Å². The summed E-state index contributed by atoms with van der Waals surface area (Å²) in [6.45, 7) is 5.84. The van der Waals surface area contributed by atoms with Crippen molar-refractivity contribution in [1.82, 2.24) is 20.1 Å². The summed E-state index contributed by atoms with van der Waals surface area (Å²) in [4.78, 5) is 16.8. The number of fused-ring (bicyclic) bond motifs is 1. The van der Waals surface area contributed by atoms with Crippen molar-refractivity contribution in [3.8, 4) is 0 Å². The second kappa shape index (κ2) is 6.63. The van der Waals surface area contributed by atoms with Crippen LogP contribution in [0.3, 0.4) is 0 Å². The van der Waals surface area contributed by atoms with E-state index in [2.05, 4.69) is 22.3 Å². The molecule has 2 heterocycles. The van der Waals surface area contributed by atoms with Gasteiger partial charge in [0.05, 0.1) is 28.9 Å². The second-order valence-corrected chi connectivity index (χ2v) is 7.25. The maximum atomic E-state index is 12.3. The van der Waals surface area contributed by atoms with Crippen LogP contribution in [0.2, 0.25) is 0 Å². The van der Waals surface area contributed by atoms with E-state index in [1.54, 1.807) is 23.9 Å². The third-order valence-corrected chi connectivity index (χ3v) is 4.39. The molecule has 0 saturated heterocycles. The molecule has 8 nitrogen and oxygen atoms in total. The summed E-state index contributed by atoms with van der Waals surface area (Å²) in [7, 11) is -3.61. The average molecular weight is 339 g/mol. The molecule has 0 unspecified atom stereocenters. The predicted molar refractivity (Wildman–Crippen MR) is 87.6 cm³/mol. The van der Waals surface area contributed by atoms with Crippen LogP contribution in [0.25, 0.3) is 11.0 Å². The van der Waals surface area contributed by atoms with Crippen molar-refractivity contribution < 1.29 is 13.2 Å². The number of rotatable bonds is 6. The summed E-state index contributed by atoms with van der Waals surface area (Å²) in [6.07, 6.45) is 2.50. The van der Waals surface area contributed by atoms with Crippen LogP contribution in [-0.4, -0.2) is 41.4 Å². The number of carbonyl (C=O) groups is 1. The van der Waals surface area contributed by atoms with Crippen molar-refractivity contribution in [1.29, 1.82) is 0 Å². The number of pyridine rings is 1. The number of nitrogens with zero attached hydrogens (tertiary/aromatic N) is 3. The molecule has 2 rings (SSSR count). The molecule has 9 heteroatoms. The van der Waals surface area contributed by atoms with Gasteiger partial charge in [0.2, 0.25) is 10.0 Å². The van der Waals surface area contributed by atoms with Gasteiger partial charge in [0.15, 0.2) is 5.65 Å². The molecule has 0 spiro atoms. The second-order valence-electron chi connectivity index (χ2n) is 5.52.